The topological polar surface area (TPSA) is 17.1 Å². The van der Waals surface area contributed by atoms with Crippen LogP contribution in [0, 0.1) is 0 Å². The van der Waals surface area contributed by atoms with Gasteiger partial charge in [-0.05, 0) is 29.0 Å². The minimum atomic E-state index is -1.16. The van der Waals surface area contributed by atoms with Gasteiger partial charge in [-0.2, -0.15) is 0 Å². The lowest BCUT2D eigenvalue weighted by Gasteiger charge is -2.19. The van der Waals surface area contributed by atoms with Crippen LogP contribution in [0.25, 0.3) is 0 Å². The van der Waals surface area contributed by atoms with Gasteiger partial charge in [0.1, 0.15) is 0 Å². The molecule has 0 aliphatic rings. The lowest BCUT2D eigenvalue weighted by Crippen LogP contribution is -2.18. The van der Waals surface area contributed by atoms with Gasteiger partial charge in [-0.3, -0.25) is 4.79 Å². The van der Waals surface area contributed by atoms with Gasteiger partial charge in [-0.25, -0.2) is 0 Å². The third-order valence-electron chi connectivity index (χ3n) is 3.64. The highest BCUT2D eigenvalue weighted by Crippen LogP contribution is 2.42. The molecular formula is C20H16ClOPS. The van der Waals surface area contributed by atoms with Crippen molar-refractivity contribution in [2.45, 2.75) is 4.90 Å². The molecule has 0 fully saturated rings. The van der Waals surface area contributed by atoms with Crippen LogP contribution in [-0.4, -0.2) is 11.8 Å². The first kappa shape index (κ1) is 17.2. The third-order valence-corrected chi connectivity index (χ3v) is 6.99. The van der Waals surface area contributed by atoms with Crippen LogP contribution in [-0.2, 0) is 0 Å². The lowest BCUT2D eigenvalue weighted by molar-refractivity contribution is 0.108. The average Bonchev–Trinajstić information content (AvgIpc) is 2.63. The molecule has 0 spiro atoms. The van der Waals surface area contributed by atoms with Gasteiger partial charge in [0, 0.05) is 12.8 Å². The molecular weight excluding hydrogens is 355 g/mol. The first-order chi connectivity index (χ1) is 11.7. The van der Waals surface area contributed by atoms with Crippen LogP contribution >= 0.6 is 31.3 Å². The van der Waals surface area contributed by atoms with Crippen molar-refractivity contribution < 1.29 is 4.79 Å². The van der Waals surface area contributed by atoms with E-state index in [1.807, 2.05) is 79.1 Å². The van der Waals surface area contributed by atoms with Gasteiger partial charge in [0.2, 0.25) is 0 Å². The fraction of sp³-hybridized carbons (Fsp3) is 0.0500. The summed E-state index contributed by atoms with van der Waals surface area (Å²) in [6.07, 6.45) is 1.97. The Balaban J connectivity index is 2.15. The zero-order valence-electron chi connectivity index (χ0n) is 13.1. The number of carbonyl (C=O) groups excluding carboxylic acids is 1. The molecule has 4 heteroatoms. The molecule has 3 aromatic rings. The number of hydrogen-bond acceptors (Lipinski definition) is 2. The summed E-state index contributed by atoms with van der Waals surface area (Å²) in [5.41, 5.74) is 0.725. The second kappa shape index (κ2) is 7.98. The maximum absolute atomic E-state index is 13.5. The Morgan fingerprint density at radius 1 is 0.833 bits per heavy atom. The van der Waals surface area contributed by atoms with Crippen LogP contribution in [0.1, 0.15) is 10.4 Å². The summed E-state index contributed by atoms with van der Waals surface area (Å²) >= 11 is 7.95. The first-order valence-electron chi connectivity index (χ1n) is 7.49. The molecule has 0 amide bonds. The van der Waals surface area contributed by atoms with E-state index in [4.69, 9.17) is 11.6 Å². The average molecular weight is 371 g/mol. The zero-order valence-corrected chi connectivity index (χ0v) is 15.6. The summed E-state index contributed by atoms with van der Waals surface area (Å²) in [4.78, 5) is 14.4. The number of thioether (sulfide) groups is 1. The molecule has 0 aliphatic carbocycles. The third kappa shape index (κ3) is 3.57. The lowest BCUT2D eigenvalue weighted by atomic mass is 10.2. The molecule has 0 saturated heterocycles. The van der Waals surface area contributed by atoms with Gasteiger partial charge >= 0.3 is 0 Å². The normalized spacial score (nSPS) is 10.8. The fourth-order valence-corrected chi connectivity index (χ4v) is 5.78. The van der Waals surface area contributed by atoms with E-state index in [2.05, 4.69) is 0 Å². The number of carbonyl (C=O) groups is 1. The maximum atomic E-state index is 13.5. The van der Waals surface area contributed by atoms with Crippen molar-refractivity contribution in [1.82, 2.24) is 0 Å². The first-order valence-corrected chi connectivity index (χ1v) is 10.4. The number of rotatable bonds is 5. The molecule has 0 heterocycles. The monoisotopic (exact) mass is 370 g/mol. The summed E-state index contributed by atoms with van der Waals surface area (Å²) in [6.45, 7) is 0. The van der Waals surface area contributed by atoms with Crippen LogP contribution in [0.5, 0.6) is 0 Å². The molecule has 0 N–H and O–H groups in total. The van der Waals surface area contributed by atoms with E-state index in [1.54, 1.807) is 17.8 Å². The number of benzene rings is 3. The van der Waals surface area contributed by atoms with Crippen LogP contribution in [0.15, 0.2) is 83.8 Å². The van der Waals surface area contributed by atoms with E-state index in [0.29, 0.717) is 10.6 Å². The van der Waals surface area contributed by atoms with Crippen LogP contribution in [0.3, 0.4) is 0 Å². The minimum Gasteiger partial charge on any atom is -0.288 e. The Hall–Kier alpha value is -1.60. The predicted molar refractivity (Wildman–Crippen MR) is 107 cm³/mol. The molecule has 0 aliphatic heterocycles. The standard InChI is InChI=1S/C20H16ClOPS/c1-24-18-14-8-13-17(21)19(18)20(22)23(15-9-4-2-5-10-15)16-11-6-3-7-12-16/h2-14H,1H3. The number of halogens is 1. The zero-order chi connectivity index (χ0) is 16.9. The smallest absolute Gasteiger partial charge is 0.195 e. The van der Waals surface area contributed by atoms with Gasteiger partial charge < -0.3 is 0 Å². The summed E-state index contributed by atoms with van der Waals surface area (Å²) in [5.74, 6) is 0. The highest BCUT2D eigenvalue weighted by atomic mass is 35.5. The van der Waals surface area contributed by atoms with E-state index in [9.17, 15) is 4.79 Å². The van der Waals surface area contributed by atoms with Crippen LogP contribution < -0.4 is 10.6 Å². The molecule has 0 atom stereocenters. The van der Waals surface area contributed by atoms with E-state index >= 15 is 0 Å². The van der Waals surface area contributed by atoms with Crippen molar-refractivity contribution in [2.24, 2.45) is 0 Å². The van der Waals surface area contributed by atoms with Crippen molar-refractivity contribution in [1.29, 1.82) is 0 Å². The highest BCUT2D eigenvalue weighted by molar-refractivity contribution is 7.98. The molecule has 3 rings (SSSR count). The summed E-state index contributed by atoms with van der Waals surface area (Å²) in [6, 6.07) is 25.5. The highest BCUT2D eigenvalue weighted by Gasteiger charge is 2.27. The van der Waals surface area contributed by atoms with Crippen molar-refractivity contribution in [3.05, 3.63) is 89.4 Å². The predicted octanol–water partition coefficient (Wildman–Crippen LogP) is 5.34. The Morgan fingerprint density at radius 2 is 1.38 bits per heavy atom. The van der Waals surface area contributed by atoms with Crippen molar-refractivity contribution >= 4 is 47.4 Å². The summed E-state index contributed by atoms with van der Waals surface area (Å²) in [7, 11) is -1.16. The second-order valence-corrected chi connectivity index (χ2v) is 8.49. The van der Waals surface area contributed by atoms with Crippen LogP contribution in [0.4, 0.5) is 0 Å². The van der Waals surface area contributed by atoms with Crippen LogP contribution in [0.2, 0.25) is 5.02 Å². The molecule has 0 aromatic heterocycles. The summed E-state index contributed by atoms with van der Waals surface area (Å²) < 4.78 is 0. The minimum absolute atomic E-state index is 0.0948. The van der Waals surface area contributed by atoms with Crippen molar-refractivity contribution in [3.63, 3.8) is 0 Å². The Morgan fingerprint density at radius 3 is 1.88 bits per heavy atom. The molecule has 1 nitrogen and oxygen atoms in total. The van der Waals surface area contributed by atoms with Crippen molar-refractivity contribution in [3.8, 4) is 0 Å². The molecule has 120 valence electrons. The molecule has 3 aromatic carbocycles. The van der Waals surface area contributed by atoms with E-state index in [1.165, 1.54) is 0 Å². The van der Waals surface area contributed by atoms with E-state index in [0.717, 1.165) is 15.5 Å². The van der Waals surface area contributed by atoms with E-state index < -0.39 is 7.92 Å². The Bertz CT molecular complexity index is 797. The molecule has 0 saturated carbocycles. The van der Waals surface area contributed by atoms with Gasteiger partial charge in [-0.1, -0.05) is 78.3 Å². The summed E-state index contributed by atoms with van der Waals surface area (Å²) in [5, 5.41) is 2.59. The fourth-order valence-electron chi connectivity index (χ4n) is 2.53. The second-order valence-electron chi connectivity index (χ2n) is 5.13. The molecule has 0 unspecified atom stereocenters. The Labute approximate surface area is 152 Å². The van der Waals surface area contributed by atoms with E-state index in [-0.39, 0.29) is 5.52 Å². The van der Waals surface area contributed by atoms with Gasteiger partial charge in [0.15, 0.2) is 5.52 Å². The van der Waals surface area contributed by atoms with Gasteiger partial charge in [-0.15, -0.1) is 11.8 Å². The van der Waals surface area contributed by atoms with Gasteiger partial charge in [0.05, 0.1) is 10.6 Å². The van der Waals surface area contributed by atoms with Gasteiger partial charge in [0.25, 0.3) is 0 Å². The maximum Gasteiger partial charge on any atom is 0.195 e. The SMILES string of the molecule is CSc1cccc(Cl)c1C(=O)P(c1ccccc1)c1ccccc1. The largest absolute Gasteiger partial charge is 0.288 e. The van der Waals surface area contributed by atoms with Crippen molar-refractivity contribution in [2.75, 3.05) is 6.26 Å². The molecule has 0 radical (unpaired) electrons. The molecule has 24 heavy (non-hydrogen) atoms. The quantitative estimate of drug-likeness (QED) is 0.445. The molecule has 0 bridgehead atoms. The number of hydrogen-bond donors (Lipinski definition) is 0. The Kier molecular flexibility index (Phi) is 5.73.